The van der Waals surface area contributed by atoms with Crippen LogP contribution in [0, 0.1) is 6.07 Å². The van der Waals surface area contributed by atoms with Crippen molar-refractivity contribution in [2.45, 2.75) is 0 Å². The first-order chi connectivity index (χ1) is 7.27. The summed E-state index contributed by atoms with van der Waals surface area (Å²) in [7, 11) is 4.09. The molecule has 0 aliphatic rings. The first-order valence-corrected chi connectivity index (χ1v) is 5.01. The molecule has 1 radical (unpaired) electrons. The van der Waals surface area contributed by atoms with Gasteiger partial charge in [0.25, 0.3) is 0 Å². The Kier molecular flexibility index (Phi) is 2.72. The lowest BCUT2D eigenvalue weighted by atomic mass is 10.1. The van der Waals surface area contributed by atoms with Crippen LogP contribution in [0.1, 0.15) is 0 Å². The van der Waals surface area contributed by atoms with Crippen LogP contribution in [0.15, 0.2) is 48.5 Å². The molecule has 0 aromatic heterocycles. The van der Waals surface area contributed by atoms with E-state index in [0.29, 0.717) is 0 Å². The first kappa shape index (κ1) is 9.78. The van der Waals surface area contributed by atoms with Gasteiger partial charge in [-0.05, 0) is 35.4 Å². The predicted molar refractivity (Wildman–Crippen MR) is 65.0 cm³/mol. The highest BCUT2D eigenvalue weighted by atomic mass is 15.1. The Morgan fingerprint density at radius 3 is 2.20 bits per heavy atom. The van der Waals surface area contributed by atoms with Gasteiger partial charge in [0.05, 0.1) is 0 Å². The lowest BCUT2D eigenvalue weighted by molar-refractivity contribution is 1.13. The molecule has 0 unspecified atom stereocenters. The van der Waals surface area contributed by atoms with Crippen LogP contribution in [0.25, 0.3) is 11.1 Å². The van der Waals surface area contributed by atoms with Crippen molar-refractivity contribution in [3.05, 3.63) is 54.6 Å². The van der Waals surface area contributed by atoms with Crippen LogP contribution in [0.3, 0.4) is 0 Å². The summed E-state index contributed by atoms with van der Waals surface area (Å²) in [6.45, 7) is 0. The second-order valence-corrected chi connectivity index (χ2v) is 3.73. The molecule has 0 atom stereocenters. The van der Waals surface area contributed by atoms with Gasteiger partial charge in [0.1, 0.15) is 0 Å². The molecular weight excluding hydrogens is 182 g/mol. The van der Waals surface area contributed by atoms with Crippen LogP contribution in [0.5, 0.6) is 0 Å². The molecule has 0 saturated heterocycles. The maximum absolute atomic E-state index is 3.09. The monoisotopic (exact) mass is 196 g/mol. The highest BCUT2D eigenvalue weighted by Gasteiger charge is 1.97. The molecule has 0 spiro atoms. The maximum atomic E-state index is 3.09. The Morgan fingerprint density at radius 1 is 0.933 bits per heavy atom. The zero-order valence-electron chi connectivity index (χ0n) is 9.07. The van der Waals surface area contributed by atoms with E-state index in [1.165, 1.54) is 16.8 Å². The van der Waals surface area contributed by atoms with Gasteiger partial charge in [0.15, 0.2) is 0 Å². The molecule has 0 amide bonds. The minimum absolute atomic E-state index is 1.21. The van der Waals surface area contributed by atoms with Crippen molar-refractivity contribution in [1.82, 2.24) is 0 Å². The number of rotatable bonds is 2. The van der Waals surface area contributed by atoms with Crippen LogP contribution in [0.4, 0.5) is 5.69 Å². The molecule has 0 aliphatic carbocycles. The van der Waals surface area contributed by atoms with E-state index >= 15 is 0 Å². The molecule has 0 bridgehead atoms. The second kappa shape index (κ2) is 4.18. The fraction of sp³-hybridized carbons (Fsp3) is 0.143. The maximum Gasteiger partial charge on any atom is 0.0361 e. The smallest absolute Gasteiger partial charge is 0.0361 e. The molecule has 0 heterocycles. The Hall–Kier alpha value is -1.76. The third kappa shape index (κ3) is 2.18. The summed E-state index contributed by atoms with van der Waals surface area (Å²) in [5.41, 5.74) is 3.67. The second-order valence-electron chi connectivity index (χ2n) is 3.73. The van der Waals surface area contributed by atoms with Crippen molar-refractivity contribution < 1.29 is 0 Å². The Bertz CT molecular complexity index is 415. The third-order valence-corrected chi connectivity index (χ3v) is 2.42. The fourth-order valence-electron chi connectivity index (χ4n) is 1.52. The number of hydrogen-bond donors (Lipinski definition) is 0. The van der Waals surface area contributed by atoms with Crippen molar-refractivity contribution >= 4 is 5.69 Å². The zero-order valence-corrected chi connectivity index (χ0v) is 9.07. The molecule has 1 heteroatoms. The summed E-state index contributed by atoms with van der Waals surface area (Å²) in [6.07, 6.45) is 0. The van der Waals surface area contributed by atoms with E-state index in [1.807, 2.05) is 32.3 Å². The van der Waals surface area contributed by atoms with Gasteiger partial charge >= 0.3 is 0 Å². The summed E-state index contributed by atoms with van der Waals surface area (Å²) in [5, 5.41) is 0. The Labute approximate surface area is 91.0 Å². The van der Waals surface area contributed by atoms with Gasteiger partial charge in [-0.2, -0.15) is 0 Å². The van der Waals surface area contributed by atoms with E-state index in [4.69, 9.17) is 0 Å². The average molecular weight is 196 g/mol. The van der Waals surface area contributed by atoms with Crippen LogP contribution >= 0.6 is 0 Å². The quantitative estimate of drug-likeness (QED) is 0.712. The molecular formula is C14H14N. The lowest BCUT2D eigenvalue weighted by Crippen LogP contribution is -2.07. The molecule has 75 valence electrons. The van der Waals surface area contributed by atoms with Gasteiger partial charge in [-0.25, -0.2) is 0 Å². The van der Waals surface area contributed by atoms with Crippen LogP contribution in [-0.4, -0.2) is 14.1 Å². The van der Waals surface area contributed by atoms with E-state index < -0.39 is 0 Å². The standard InChI is InChI=1S/C14H14N/c1-15(2)14-10-8-13(9-11-14)12-6-4-3-5-7-12/h3-4,6-11H,1-2H3. The van der Waals surface area contributed by atoms with Crippen LogP contribution in [-0.2, 0) is 0 Å². The predicted octanol–water partition coefficient (Wildman–Crippen LogP) is 3.22. The van der Waals surface area contributed by atoms with Gasteiger partial charge in [-0.15, -0.1) is 0 Å². The van der Waals surface area contributed by atoms with Crippen molar-refractivity contribution in [3.63, 3.8) is 0 Å². The summed E-state index contributed by atoms with van der Waals surface area (Å²) in [5.74, 6) is 0. The minimum Gasteiger partial charge on any atom is -0.378 e. The van der Waals surface area contributed by atoms with E-state index in [2.05, 4.69) is 41.3 Å². The van der Waals surface area contributed by atoms with Gasteiger partial charge < -0.3 is 4.90 Å². The highest BCUT2D eigenvalue weighted by Crippen LogP contribution is 2.21. The van der Waals surface area contributed by atoms with Crippen molar-refractivity contribution in [1.29, 1.82) is 0 Å². The number of nitrogens with zero attached hydrogens (tertiary/aromatic N) is 1. The normalized spacial score (nSPS) is 10.0. The molecule has 2 aromatic carbocycles. The molecule has 15 heavy (non-hydrogen) atoms. The summed E-state index contributed by atoms with van der Waals surface area (Å²) >= 11 is 0. The summed E-state index contributed by atoms with van der Waals surface area (Å²) < 4.78 is 0. The Balaban J connectivity index is 2.32. The van der Waals surface area contributed by atoms with Gasteiger partial charge in [0.2, 0.25) is 0 Å². The number of benzene rings is 2. The fourth-order valence-corrected chi connectivity index (χ4v) is 1.52. The highest BCUT2D eigenvalue weighted by molar-refractivity contribution is 5.65. The summed E-state index contributed by atoms with van der Waals surface area (Å²) in [4.78, 5) is 2.10. The first-order valence-electron chi connectivity index (χ1n) is 5.01. The molecule has 0 saturated carbocycles. The molecule has 0 fully saturated rings. The molecule has 0 aliphatic heterocycles. The lowest BCUT2D eigenvalue weighted by Gasteiger charge is -2.12. The Morgan fingerprint density at radius 2 is 1.67 bits per heavy atom. The van der Waals surface area contributed by atoms with Crippen molar-refractivity contribution in [3.8, 4) is 11.1 Å². The third-order valence-electron chi connectivity index (χ3n) is 2.42. The number of anilines is 1. The largest absolute Gasteiger partial charge is 0.378 e. The van der Waals surface area contributed by atoms with E-state index in [0.717, 1.165) is 0 Å². The SMILES string of the molecule is CN(C)c1ccc(-c2c[c]ccc2)cc1. The zero-order chi connectivity index (χ0) is 10.7. The van der Waals surface area contributed by atoms with Crippen molar-refractivity contribution in [2.75, 3.05) is 19.0 Å². The van der Waals surface area contributed by atoms with E-state index in [-0.39, 0.29) is 0 Å². The molecule has 2 rings (SSSR count). The van der Waals surface area contributed by atoms with E-state index in [1.54, 1.807) is 0 Å². The van der Waals surface area contributed by atoms with Crippen LogP contribution in [0.2, 0.25) is 0 Å². The summed E-state index contributed by atoms with van der Waals surface area (Å²) in [6, 6.07) is 19.6. The van der Waals surface area contributed by atoms with Crippen LogP contribution < -0.4 is 4.90 Å². The topological polar surface area (TPSA) is 3.24 Å². The average Bonchev–Trinajstić information content (AvgIpc) is 2.30. The van der Waals surface area contributed by atoms with Gasteiger partial charge in [0, 0.05) is 19.8 Å². The molecule has 1 nitrogen and oxygen atoms in total. The van der Waals surface area contributed by atoms with E-state index in [9.17, 15) is 0 Å². The molecule has 0 N–H and O–H groups in total. The van der Waals surface area contributed by atoms with Gasteiger partial charge in [-0.3, -0.25) is 0 Å². The van der Waals surface area contributed by atoms with Gasteiger partial charge in [-0.1, -0.05) is 30.3 Å². The minimum atomic E-state index is 1.21. The molecule has 2 aromatic rings. The number of hydrogen-bond acceptors (Lipinski definition) is 1. The van der Waals surface area contributed by atoms with Crippen molar-refractivity contribution in [2.24, 2.45) is 0 Å².